The van der Waals surface area contributed by atoms with Crippen LogP contribution in [0.5, 0.6) is 11.5 Å². The highest BCUT2D eigenvalue weighted by Gasteiger charge is 2.36. The summed E-state index contributed by atoms with van der Waals surface area (Å²) in [5.74, 6) is -0.418. The van der Waals surface area contributed by atoms with Crippen molar-refractivity contribution in [3.05, 3.63) is 34.4 Å². The first-order chi connectivity index (χ1) is 12.3. The van der Waals surface area contributed by atoms with E-state index in [1.54, 1.807) is 6.07 Å². The average molecular weight is 360 g/mol. The molecule has 1 atom stereocenters. The highest BCUT2D eigenvalue weighted by molar-refractivity contribution is 5.94. The molecular weight excluding hydrogens is 328 g/mol. The lowest BCUT2D eigenvalue weighted by Crippen LogP contribution is -2.37. The van der Waals surface area contributed by atoms with Crippen molar-refractivity contribution in [3.63, 3.8) is 0 Å². The summed E-state index contributed by atoms with van der Waals surface area (Å²) in [7, 11) is 0. The maximum atomic E-state index is 12.0. The summed E-state index contributed by atoms with van der Waals surface area (Å²) in [5.41, 5.74) is 2.42. The molecule has 0 amide bonds. The number of aryl methyl sites for hydroxylation is 1. The quantitative estimate of drug-likeness (QED) is 0.464. The molecule has 2 rings (SSSR count). The Morgan fingerprint density at radius 1 is 1.35 bits per heavy atom. The van der Waals surface area contributed by atoms with Gasteiger partial charge in [0.15, 0.2) is 0 Å². The smallest absolute Gasteiger partial charge is 0.339 e. The van der Waals surface area contributed by atoms with E-state index in [0.29, 0.717) is 29.7 Å². The van der Waals surface area contributed by atoms with Crippen LogP contribution < -0.4 is 4.74 Å². The van der Waals surface area contributed by atoms with E-state index in [0.717, 1.165) is 38.5 Å². The highest BCUT2D eigenvalue weighted by atomic mass is 16.5. The molecule has 1 aliphatic heterocycles. The number of phenols is 1. The second-order valence-corrected chi connectivity index (χ2v) is 7.87. The molecule has 2 N–H and O–H groups in total. The fourth-order valence-corrected chi connectivity index (χ4v) is 3.62. The van der Waals surface area contributed by atoms with E-state index in [1.165, 1.54) is 5.57 Å². The molecule has 1 aliphatic rings. The van der Waals surface area contributed by atoms with Crippen molar-refractivity contribution in [2.45, 2.75) is 84.7 Å². The van der Waals surface area contributed by atoms with Crippen molar-refractivity contribution >= 4 is 5.97 Å². The van der Waals surface area contributed by atoms with Crippen LogP contribution in [0.1, 0.15) is 87.7 Å². The molecular formula is C22H32O4. The van der Waals surface area contributed by atoms with Crippen molar-refractivity contribution in [1.82, 2.24) is 0 Å². The average Bonchev–Trinajstić information content (AvgIpc) is 2.54. The molecule has 1 unspecified atom stereocenters. The van der Waals surface area contributed by atoms with Gasteiger partial charge in [0.2, 0.25) is 0 Å². The number of carbonyl (C=O) groups is 1. The number of aromatic hydroxyl groups is 1. The Balaban J connectivity index is 2.35. The van der Waals surface area contributed by atoms with E-state index >= 15 is 0 Å². The van der Waals surface area contributed by atoms with Gasteiger partial charge in [0, 0.05) is 5.56 Å². The van der Waals surface area contributed by atoms with Crippen molar-refractivity contribution in [3.8, 4) is 11.5 Å². The normalized spacial score (nSPS) is 18.8. The van der Waals surface area contributed by atoms with Crippen molar-refractivity contribution in [2.75, 3.05) is 0 Å². The zero-order chi connectivity index (χ0) is 19.3. The molecule has 4 heteroatoms. The van der Waals surface area contributed by atoms with Crippen LogP contribution in [0, 0.1) is 0 Å². The van der Waals surface area contributed by atoms with Crippen molar-refractivity contribution < 1.29 is 19.7 Å². The third-order valence-corrected chi connectivity index (χ3v) is 5.18. The van der Waals surface area contributed by atoms with E-state index in [-0.39, 0.29) is 11.3 Å². The van der Waals surface area contributed by atoms with Crippen molar-refractivity contribution in [1.29, 1.82) is 0 Å². The Bertz CT molecular complexity index is 686. The van der Waals surface area contributed by atoms with Gasteiger partial charge in [-0.2, -0.15) is 0 Å². The first-order valence-electron chi connectivity index (χ1n) is 9.71. The summed E-state index contributed by atoms with van der Waals surface area (Å²) >= 11 is 0. The molecule has 1 heterocycles. The molecule has 0 aromatic heterocycles. The third kappa shape index (κ3) is 4.80. The predicted molar refractivity (Wildman–Crippen MR) is 104 cm³/mol. The molecule has 0 radical (unpaired) electrons. The fraction of sp³-hybridized carbons (Fsp3) is 0.591. The summed E-state index contributed by atoms with van der Waals surface area (Å²) in [6.45, 7) is 8.30. The molecule has 4 nitrogen and oxygen atoms in total. The minimum Gasteiger partial charge on any atom is -0.508 e. The molecule has 0 aliphatic carbocycles. The van der Waals surface area contributed by atoms with Crippen LogP contribution in [-0.4, -0.2) is 21.8 Å². The highest BCUT2D eigenvalue weighted by Crippen LogP contribution is 2.44. The van der Waals surface area contributed by atoms with Gasteiger partial charge >= 0.3 is 5.97 Å². The number of hydrogen-bond acceptors (Lipinski definition) is 3. The minimum absolute atomic E-state index is 0.169. The van der Waals surface area contributed by atoms with E-state index in [1.807, 2.05) is 6.92 Å². The molecule has 26 heavy (non-hydrogen) atoms. The molecule has 0 bridgehead atoms. The molecule has 1 aromatic rings. The van der Waals surface area contributed by atoms with Crippen LogP contribution in [0.4, 0.5) is 0 Å². The summed E-state index contributed by atoms with van der Waals surface area (Å²) in [6.07, 6.45) is 9.00. The Hall–Kier alpha value is -1.97. The van der Waals surface area contributed by atoms with E-state index in [9.17, 15) is 15.0 Å². The van der Waals surface area contributed by atoms with Crippen LogP contribution in [0.15, 0.2) is 17.7 Å². The van der Waals surface area contributed by atoms with Gasteiger partial charge in [-0.15, -0.1) is 0 Å². The van der Waals surface area contributed by atoms with E-state index in [4.69, 9.17) is 4.74 Å². The SMILES string of the molecule is CCCCCc1cc(O)c2c(c1C(=O)O)OC(C)(CCC=C(C)C)CC2. The van der Waals surface area contributed by atoms with Crippen molar-refractivity contribution in [2.24, 2.45) is 0 Å². The van der Waals surface area contributed by atoms with E-state index < -0.39 is 11.6 Å². The van der Waals surface area contributed by atoms with Gasteiger partial charge in [0.25, 0.3) is 0 Å². The first kappa shape index (κ1) is 20.3. The maximum absolute atomic E-state index is 12.0. The summed E-state index contributed by atoms with van der Waals surface area (Å²) in [6, 6.07) is 1.63. The Kier molecular flexibility index (Phi) is 6.74. The fourth-order valence-electron chi connectivity index (χ4n) is 3.62. The van der Waals surface area contributed by atoms with Crippen LogP contribution in [0.25, 0.3) is 0 Å². The van der Waals surface area contributed by atoms with Crippen LogP contribution >= 0.6 is 0 Å². The molecule has 1 aromatic carbocycles. The Morgan fingerprint density at radius 2 is 2.08 bits per heavy atom. The monoisotopic (exact) mass is 360 g/mol. The maximum Gasteiger partial charge on any atom is 0.339 e. The van der Waals surface area contributed by atoms with Crippen LogP contribution in [-0.2, 0) is 12.8 Å². The van der Waals surface area contributed by atoms with E-state index in [2.05, 4.69) is 26.8 Å². The number of ether oxygens (including phenoxy) is 1. The number of hydrogen-bond donors (Lipinski definition) is 2. The van der Waals surface area contributed by atoms with Gasteiger partial charge in [-0.3, -0.25) is 0 Å². The number of aromatic carboxylic acids is 1. The zero-order valence-corrected chi connectivity index (χ0v) is 16.5. The standard InChI is InChI=1S/C22H32O4/c1-5-6-7-10-16-14-18(23)17-11-13-22(4,12-8-9-15(2)3)26-20(17)19(16)21(24)25/h9,14,23H,5-8,10-13H2,1-4H3,(H,24,25). The lowest BCUT2D eigenvalue weighted by Gasteiger charge is -2.37. The molecule has 0 saturated heterocycles. The van der Waals surface area contributed by atoms with Gasteiger partial charge in [-0.25, -0.2) is 4.79 Å². The topological polar surface area (TPSA) is 66.8 Å². The molecule has 0 saturated carbocycles. The second kappa shape index (κ2) is 8.61. The molecule has 144 valence electrons. The van der Waals surface area contributed by atoms with Gasteiger partial charge in [0.05, 0.1) is 0 Å². The number of carboxylic acid groups (broad SMARTS) is 1. The number of fused-ring (bicyclic) bond motifs is 1. The summed E-state index contributed by atoms with van der Waals surface area (Å²) in [4.78, 5) is 12.0. The summed E-state index contributed by atoms with van der Waals surface area (Å²) in [5, 5.41) is 20.3. The van der Waals surface area contributed by atoms with Gasteiger partial charge < -0.3 is 14.9 Å². The number of unbranched alkanes of at least 4 members (excludes halogenated alkanes) is 2. The largest absolute Gasteiger partial charge is 0.508 e. The number of rotatable bonds is 8. The number of allylic oxidation sites excluding steroid dienone is 2. The Morgan fingerprint density at radius 3 is 2.69 bits per heavy atom. The molecule has 0 spiro atoms. The minimum atomic E-state index is -0.971. The Labute approximate surface area is 156 Å². The lowest BCUT2D eigenvalue weighted by molar-refractivity contribution is 0.0508. The first-order valence-corrected chi connectivity index (χ1v) is 9.71. The van der Waals surface area contributed by atoms with Gasteiger partial charge in [0.1, 0.15) is 22.7 Å². The van der Waals surface area contributed by atoms with Crippen LogP contribution in [0.3, 0.4) is 0 Å². The predicted octanol–water partition coefficient (Wildman–Crippen LogP) is 5.65. The second-order valence-electron chi connectivity index (χ2n) is 7.87. The number of benzene rings is 1. The third-order valence-electron chi connectivity index (χ3n) is 5.18. The number of carboxylic acids is 1. The van der Waals surface area contributed by atoms with Gasteiger partial charge in [-0.05, 0) is 70.9 Å². The van der Waals surface area contributed by atoms with Crippen LogP contribution in [0.2, 0.25) is 0 Å². The lowest BCUT2D eigenvalue weighted by atomic mass is 9.85. The number of phenolic OH excluding ortho intramolecular Hbond substituents is 1. The van der Waals surface area contributed by atoms with Gasteiger partial charge in [-0.1, -0.05) is 31.4 Å². The zero-order valence-electron chi connectivity index (χ0n) is 16.5. The molecule has 0 fully saturated rings. The summed E-state index contributed by atoms with van der Waals surface area (Å²) < 4.78 is 6.25.